The zero-order valence-corrected chi connectivity index (χ0v) is 20.8. The first-order valence-electron chi connectivity index (χ1n) is 12.1. The smallest absolute Gasteiger partial charge is 0.382 e. The van der Waals surface area contributed by atoms with Gasteiger partial charge < -0.3 is 21.7 Å². The fraction of sp³-hybridized carbons (Fsp3) is 0.308. The van der Waals surface area contributed by atoms with Gasteiger partial charge in [0.1, 0.15) is 0 Å². The SMILES string of the molecule is Nc1ncc(-c2cccc(NC(=O)Cc3cc(C(F)(F)F)cc(C(F)(F)F)c3)c2)nc1C(=O)NC1CCCNC1. The molecule has 1 aliphatic heterocycles. The summed E-state index contributed by atoms with van der Waals surface area (Å²) < 4.78 is 78.8. The van der Waals surface area contributed by atoms with Crippen molar-refractivity contribution in [2.45, 2.75) is 37.7 Å². The summed E-state index contributed by atoms with van der Waals surface area (Å²) in [6, 6.07) is 7.03. The van der Waals surface area contributed by atoms with Crippen LogP contribution >= 0.6 is 0 Å². The van der Waals surface area contributed by atoms with Crippen molar-refractivity contribution in [3.63, 3.8) is 0 Å². The monoisotopic (exact) mass is 566 g/mol. The molecular formula is C26H24F6N6O2. The molecular weight excluding hydrogens is 542 g/mol. The van der Waals surface area contributed by atoms with E-state index in [1.54, 1.807) is 12.1 Å². The molecule has 0 radical (unpaired) electrons. The van der Waals surface area contributed by atoms with Crippen LogP contribution in [0.15, 0.2) is 48.7 Å². The Kier molecular flexibility index (Phi) is 8.28. The Labute approximate surface area is 224 Å². The Morgan fingerprint density at radius 2 is 1.73 bits per heavy atom. The molecule has 1 aromatic heterocycles. The number of carbonyl (C=O) groups excluding carboxylic acids is 2. The molecule has 2 amide bonds. The standard InChI is InChI=1S/C26H24F6N6O2/c27-25(28,29)16-7-14(8-17(11-16)26(30,31)32)9-21(39)36-18-4-1-3-15(10-18)20-13-35-23(33)22(38-20)24(40)37-19-5-2-6-34-12-19/h1,3-4,7-8,10-11,13,19,34H,2,5-6,9,12H2,(H2,33,35)(H,36,39)(H,37,40). The van der Waals surface area contributed by atoms with Crippen molar-refractivity contribution in [1.82, 2.24) is 20.6 Å². The lowest BCUT2D eigenvalue weighted by Gasteiger charge is -2.23. The fourth-order valence-electron chi connectivity index (χ4n) is 4.20. The number of aromatic nitrogens is 2. The summed E-state index contributed by atoms with van der Waals surface area (Å²) in [4.78, 5) is 33.7. The van der Waals surface area contributed by atoms with E-state index in [-0.39, 0.29) is 35.0 Å². The fourth-order valence-corrected chi connectivity index (χ4v) is 4.20. The minimum absolute atomic E-state index is 0.000894. The number of benzene rings is 2. The Morgan fingerprint density at radius 1 is 1.02 bits per heavy atom. The Hall–Kier alpha value is -4.20. The number of nitrogens with two attached hydrogens (primary N) is 1. The number of halogens is 6. The molecule has 0 saturated carbocycles. The Bertz CT molecular complexity index is 1370. The predicted molar refractivity (Wildman–Crippen MR) is 134 cm³/mol. The number of rotatable bonds is 6. The minimum Gasteiger partial charge on any atom is -0.382 e. The maximum Gasteiger partial charge on any atom is 0.416 e. The minimum atomic E-state index is -5.02. The third-order valence-corrected chi connectivity index (χ3v) is 6.10. The van der Waals surface area contributed by atoms with Crippen LogP contribution in [0, 0.1) is 0 Å². The average Bonchev–Trinajstić information content (AvgIpc) is 2.88. The summed E-state index contributed by atoms with van der Waals surface area (Å²) in [5.41, 5.74) is 3.20. The molecule has 0 bridgehead atoms. The number of anilines is 2. The lowest BCUT2D eigenvalue weighted by molar-refractivity contribution is -0.143. The van der Waals surface area contributed by atoms with Gasteiger partial charge in [0.15, 0.2) is 11.5 Å². The van der Waals surface area contributed by atoms with Crippen LogP contribution in [0.4, 0.5) is 37.8 Å². The number of piperidine rings is 1. The molecule has 3 aromatic rings. The molecule has 2 heterocycles. The van der Waals surface area contributed by atoms with E-state index >= 15 is 0 Å². The van der Waals surface area contributed by atoms with Gasteiger partial charge in [-0.2, -0.15) is 26.3 Å². The second kappa shape index (κ2) is 11.5. The number of hydrogen-bond donors (Lipinski definition) is 4. The van der Waals surface area contributed by atoms with Crippen molar-refractivity contribution in [2.24, 2.45) is 0 Å². The summed E-state index contributed by atoms with van der Waals surface area (Å²) in [7, 11) is 0. The number of hydrogen-bond acceptors (Lipinski definition) is 6. The van der Waals surface area contributed by atoms with Crippen LogP contribution in [0.1, 0.15) is 40.0 Å². The number of nitrogen functional groups attached to an aromatic ring is 1. The first-order chi connectivity index (χ1) is 18.8. The third kappa shape index (κ3) is 7.25. The van der Waals surface area contributed by atoms with Crippen LogP contribution in [0.3, 0.4) is 0 Å². The van der Waals surface area contributed by atoms with E-state index in [2.05, 4.69) is 25.9 Å². The van der Waals surface area contributed by atoms with Gasteiger partial charge in [0.2, 0.25) is 5.91 Å². The number of amides is 2. The van der Waals surface area contributed by atoms with E-state index in [1.807, 2.05) is 0 Å². The molecule has 1 saturated heterocycles. The molecule has 2 aromatic carbocycles. The summed E-state index contributed by atoms with van der Waals surface area (Å²) >= 11 is 0. The van der Waals surface area contributed by atoms with Crippen LogP contribution in [-0.2, 0) is 23.6 Å². The second-order valence-corrected chi connectivity index (χ2v) is 9.23. The van der Waals surface area contributed by atoms with Gasteiger partial charge in [-0.05, 0) is 55.3 Å². The highest BCUT2D eigenvalue weighted by atomic mass is 19.4. The van der Waals surface area contributed by atoms with E-state index in [1.165, 1.54) is 18.3 Å². The van der Waals surface area contributed by atoms with Crippen LogP contribution in [0.2, 0.25) is 0 Å². The number of alkyl halides is 6. The highest BCUT2D eigenvalue weighted by molar-refractivity contribution is 5.97. The third-order valence-electron chi connectivity index (χ3n) is 6.10. The molecule has 1 fully saturated rings. The van der Waals surface area contributed by atoms with E-state index in [0.29, 0.717) is 24.2 Å². The summed E-state index contributed by atoms with van der Waals surface area (Å²) in [5.74, 6) is -1.41. The Balaban J connectivity index is 1.50. The lowest BCUT2D eigenvalue weighted by Crippen LogP contribution is -2.46. The van der Waals surface area contributed by atoms with Crippen molar-refractivity contribution < 1.29 is 35.9 Å². The summed E-state index contributed by atoms with van der Waals surface area (Å²) in [5, 5.41) is 8.50. The van der Waals surface area contributed by atoms with Crippen molar-refractivity contribution in [3.05, 3.63) is 71.0 Å². The van der Waals surface area contributed by atoms with E-state index in [0.717, 1.165) is 19.4 Å². The quantitative estimate of drug-likeness (QED) is 0.328. The van der Waals surface area contributed by atoms with Crippen molar-refractivity contribution in [3.8, 4) is 11.3 Å². The lowest BCUT2D eigenvalue weighted by atomic mass is 10.0. The zero-order chi connectivity index (χ0) is 29.1. The molecule has 5 N–H and O–H groups in total. The van der Waals surface area contributed by atoms with E-state index in [9.17, 15) is 35.9 Å². The predicted octanol–water partition coefficient (Wildman–Crippen LogP) is 4.43. The highest BCUT2D eigenvalue weighted by Crippen LogP contribution is 2.36. The maximum absolute atomic E-state index is 13.1. The molecule has 1 atom stereocenters. The van der Waals surface area contributed by atoms with Crippen molar-refractivity contribution in [2.75, 3.05) is 24.1 Å². The topological polar surface area (TPSA) is 122 Å². The van der Waals surface area contributed by atoms with Gasteiger partial charge in [-0.15, -0.1) is 0 Å². The number of nitrogens with one attached hydrogen (secondary N) is 3. The first-order valence-corrected chi connectivity index (χ1v) is 12.1. The first kappa shape index (κ1) is 28.8. The zero-order valence-electron chi connectivity index (χ0n) is 20.8. The molecule has 1 aliphatic rings. The van der Waals surface area contributed by atoms with E-state index < -0.39 is 47.3 Å². The van der Waals surface area contributed by atoms with Gasteiger partial charge in [-0.3, -0.25) is 9.59 Å². The number of nitrogens with zero attached hydrogens (tertiary/aromatic N) is 2. The van der Waals surface area contributed by atoms with Crippen LogP contribution in [-0.4, -0.2) is 40.9 Å². The number of carbonyl (C=O) groups is 2. The maximum atomic E-state index is 13.1. The second-order valence-electron chi connectivity index (χ2n) is 9.23. The van der Waals surface area contributed by atoms with Gasteiger partial charge in [-0.1, -0.05) is 12.1 Å². The van der Waals surface area contributed by atoms with E-state index in [4.69, 9.17) is 5.73 Å². The molecule has 40 heavy (non-hydrogen) atoms. The molecule has 8 nitrogen and oxygen atoms in total. The van der Waals surface area contributed by atoms with Gasteiger partial charge >= 0.3 is 12.4 Å². The van der Waals surface area contributed by atoms with Crippen LogP contribution < -0.4 is 21.7 Å². The molecule has 14 heteroatoms. The van der Waals surface area contributed by atoms with Crippen LogP contribution in [0.5, 0.6) is 0 Å². The van der Waals surface area contributed by atoms with Gasteiger partial charge in [0.05, 0.1) is 29.4 Å². The van der Waals surface area contributed by atoms with Crippen LogP contribution in [0.25, 0.3) is 11.3 Å². The summed E-state index contributed by atoms with van der Waals surface area (Å²) in [6.45, 7) is 1.48. The molecule has 212 valence electrons. The molecule has 0 aliphatic carbocycles. The molecule has 4 rings (SSSR count). The van der Waals surface area contributed by atoms with Gasteiger partial charge in [-0.25, -0.2) is 9.97 Å². The van der Waals surface area contributed by atoms with Crippen molar-refractivity contribution >= 4 is 23.3 Å². The van der Waals surface area contributed by atoms with Crippen molar-refractivity contribution in [1.29, 1.82) is 0 Å². The van der Waals surface area contributed by atoms with Gasteiger partial charge in [0.25, 0.3) is 5.91 Å². The average molecular weight is 567 g/mol. The molecule has 0 spiro atoms. The Morgan fingerprint density at radius 3 is 2.35 bits per heavy atom. The largest absolute Gasteiger partial charge is 0.416 e. The normalized spacial score (nSPS) is 15.9. The summed E-state index contributed by atoms with van der Waals surface area (Å²) in [6.07, 6.45) is -7.75. The van der Waals surface area contributed by atoms with Gasteiger partial charge in [0, 0.05) is 23.8 Å². The molecule has 1 unspecified atom stereocenters. The highest BCUT2D eigenvalue weighted by Gasteiger charge is 2.37.